The van der Waals surface area contributed by atoms with Gasteiger partial charge in [0.2, 0.25) is 6.10 Å². The van der Waals surface area contributed by atoms with Gasteiger partial charge in [0.15, 0.2) is 5.76 Å². The largest absolute Gasteiger partial charge is 0.478 e. The van der Waals surface area contributed by atoms with E-state index in [1.165, 1.54) is 25.3 Å². The summed E-state index contributed by atoms with van der Waals surface area (Å²) < 4.78 is 28.2. The van der Waals surface area contributed by atoms with Crippen molar-refractivity contribution in [2.24, 2.45) is 0 Å². The molecule has 1 aromatic carbocycles. The number of rotatable bonds is 8. The number of hydrogen-bond donors (Lipinski definition) is 2. The van der Waals surface area contributed by atoms with E-state index in [-0.39, 0.29) is 24.7 Å². The molecule has 24 heavy (non-hydrogen) atoms. The Balaban J connectivity index is 1.93. The summed E-state index contributed by atoms with van der Waals surface area (Å²) in [5.41, 5.74) is 0. The predicted octanol–water partition coefficient (Wildman–Crippen LogP) is 1.83. The Morgan fingerprint density at radius 2 is 1.96 bits per heavy atom. The Morgan fingerprint density at radius 1 is 1.25 bits per heavy atom. The lowest BCUT2D eigenvalue weighted by Crippen LogP contribution is -2.40. The van der Waals surface area contributed by atoms with Crippen LogP contribution in [0.15, 0.2) is 40.8 Å². The van der Waals surface area contributed by atoms with Crippen molar-refractivity contribution in [2.75, 3.05) is 13.7 Å². The van der Waals surface area contributed by atoms with Crippen molar-refractivity contribution in [3.63, 3.8) is 0 Å². The van der Waals surface area contributed by atoms with Crippen LogP contribution in [0.4, 0.5) is 4.39 Å². The van der Waals surface area contributed by atoms with Crippen LogP contribution in [0.3, 0.4) is 0 Å². The van der Waals surface area contributed by atoms with Gasteiger partial charge < -0.3 is 24.3 Å². The number of nitrogens with one attached hydrogen (secondary N) is 1. The van der Waals surface area contributed by atoms with Crippen molar-refractivity contribution < 1.29 is 33.0 Å². The highest BCUT2D eigenvalue weighted by Gasteiger charge is 2.21. The molecule has 0 fully saturated rings. The average Bonchev–Trinajstić information content (AvgIpc) is 3.02. The van der Waals surface area contributed by atoms with Crippen LogP contribution in [0.25, 0.3) is 0 Å². The van der Waals surface area contributed by atoms with Crippen molar-refractivity contribution in [3.8, 4) is 5.75 Å². The number of carbonyl (C=O) groups excluding carboxylic acids is 1. The standard InChI is InChI=1S/C16H16FNO6/c1-22-9-12-6-7-13(24-12)15(19)18-8-14(16(20)21)23-11-4-2-10(17)3-5-11/h2-7,14H,8-9H2,1H3,(H,18,19)(H,20,21). The third-order valence-corrected chi connectivity index (χ3v) is 2.99. The molecule has 128 valence electrons. The molecule has 0 aliphatic rings. The van der Waals surface area contributed by atoms with Crippen LogP contribution in [0, 0.1) is 5.82 Å². The van der Waals surface area contributed by atoms with Crippen LogP contribution in [0.1, 0.15) is 16.3 Å². The first-order valence-corrected chi connectivity index (χ1v) is 7.00. The molecule has 2 aromatic rings. The molecule has 2 rings (SSSR count). The third kappa shape index (κ3) is 4.82. The Morgan fingerprint density at radius 3 is 2.58 bits per heavy atom. The number of furan rings is 1. The van der Waals surface area contributed by atoms with Gasteiger partial charge in [0.05, 0.1) is 6.54 Å². The van der Waals surface area contributed by atoms with Gasteiger partial charge in [0, 0.05) is 7.11 Å². The van der Waals surface area contributed by atoms with Crippen molar-refractivity contribution in [3.05, 3.63) is 53.7 Å². The maximum atomic E-state index is 12.8. The maximum absolute atomic E-state index is 12.8. The summed E-state index contributed by atoms with van der Waals surface area (Å²) >= 11 is 0. The second-order valence-corrected chi connectivity index (χ2v) is 4.81. The van der Waals surface area contributed by atoms with E-state index in [0.29, 0.717) is 5.76 Å². The van der Waals surface area contributed by atoms with Crippen LogP contribution in [-0.2, 0) is 16.1 Å². The van der Waals surface area contributed by atoms with Crippen LogP contribution in [0.2, 0.25) is 0 Å². The highest BCUT2D eigenvalue weighted by Crippen LogP contribution is 2.13. The Kier molecular flexibility index (Phi) is 5.91. The first kappa shape index (κ1) is 17.5. The fourth-order valence-corrected chi connectivity index (χ4v) is 1.85. The Bertz CT molecular complexity index is 697. The summed E-state index contributed by atoms with van der Waals surface area (Å²) in [6.07, 6.45) is -1.33. The SMILES string of the molecule is COCc1ccc(C(=O)NCC(Oc2ccc(F)cc2)C(=O)O)o1. The quantitative estimate of drug-likeness (QED) is 0.762. The Labute approximate surface area is 137 Å². The van der Waals surface area contributed by atoms with Crippen molar-refractivity contribution >= 4 is 11.9 Å². The summed E-state index contributed by atoms with van der Waals surface area (Å²) in [5.74, 6) is -1.62. The van der Waals surface area contributed by atoms with Crippen molar-refractivity contribution in [1.29, 1.82) is 0 Å². The summed E-state index contributed by atoms with van der Waals surface area (Å²) in [7, 11) is 1.49. The molecule has 0 saturated heterocycles. The smallest absolute Gasteiger partial charge is 0.346 e. The molecule has 1 unspecified atom stereocenters. The summed E-state index contributed by atoms with van der Waals surface area (Å²) in [6, 6.07) is 7.94. The molecule has 0 aliphatic carbocycles. The molecule has 1 atom stereocenters. The van der Waals surface area contributed by atoms with Crippen molar-refractivity contribution in [2.45, 2.75) is 12.7 Å². The Hall–Kier alpha value is -2.87. The minimum atomic E-state index is -1.33. The fraction of sp³-hybridized carbons (Fsp3) is 0.250. The van der Waals surface area contributed by atoms with Crippen LogP contribution >= 0.6 is 0 Å². The number of methoxy groups -OCH3 is 1. The highest BCUT2D eigenvalue weighted by molar-refractivity contribution is 5.91. The molecule has 8 heteroatoms. The molecule has 0 saturated carbocycles. The number of aliphatic carboxylic acids is 1. The summed E-state index contributed by atoms with van der Waals surface area (Å²) in [6.45, 7) is -0.0649. The third-order valence-electron chi connectivity index (χ3n) is 2.99. The molecular weight excluding hydrogens is 321 g/mol. The zero-order valence-electron chi connectivity index (χ0n) is 12.8. The first-order chi connectivity index (χ1) is 11.5. The second-order valence-electron chi connectivity index (χ2n) is 4.81. The zero-order valence-corrected chi connectivity index (χ0v) is 12.8. The molecular formula is C16H16FNO6. The van der Waals surface area contributed by atoms with E-state index in [1.54, 1.807) is 6.07 Å². The van der Waals surface area contributed by atoms with Gasteiger partial charge in [0.1, 0.15) is 23.9 Å². The fourth-order valence-electron chi connectivity index (χ4n) is 1.85. The lowest BCUT2D eigenvalue weighted by atomic mass is 10.3. The van der Waals surface area contributed by atoms with E-state index in [4.69, 9.17) is 19.0 Å². The van der Waals surface area contributed by atoms with E-state index >= 15 is 0 Å². The molecule has 2 N–H and O–H groups in total. The molecule has 7 nitrogen and oxygen atoms in total. The molecule has 0 aliphatic heterocycles. The van der Waals surface area contributed by atoms with Gasteiger partial charge in [-0.2, -0.15) is 0 Å². The lowest BCUT2D eigenvalue weighted by molar-refractivity contribution is -0.144. The number of amides is 1. The number of ether oxygens (including phenoxy) is 2. The van der Waals surface area contributed by atoms with Gasteiger partial charge in [-0.05, 0) is 36.4 Å². The number of benzene rings is 1. The number of halogens is 1. The summed E-state index contributed by atoms with van der Waals surface area (Å²) in [5, 5.41) is 11.6. The molecule has 0 spiro atoms. The zero-order chi connectivity index (χ0) is 17.5. The lowest BCUT2D eigenvalue weighted by Gasteiger charge is -2.15. The first-order valence-electron chi connectivity index (χ1n) is 7.00. The normalized spacial score (nSPS) is 11.8. The van der Waals surface area contributed by atoms with Gasteiger partial charge in [0.25, 0.3) is 5.91 Å². The van der Waals surface area contributed by atoms with E-state index in [1.807, 2.05) is 0 Å². The van der Waals surface area contributed by atoms with Gasteiger partial charge in [-0.1, -0.05) is 0 Å². The van der Waals surface area contributed by atoms with Gasteiger partial charge >= 0.3 is 5.97 Å². The highest BCUT2D eigenvalue weighted by atomic mass is 19.1. The minimum Gasteiger partial charge on any atom is -0.478 e. The molecule has 1 aromatic heterocycles. The van der Waals surface area contributed by atoms with Crippen LogP contribution in [-0.4, -0.2) is 36.7 Å². The molecule has 1 heterocycles. The number of carbonyl (C=O) groups is 2. The van der Waals surface area contributed by atoms with E-state index in [2.05, 4.69) is 5.32 Å². The second kappa shape index (κ2) is 8.11. The number of carboxylic acids is 1. The predicted molar refractivity (Wildman–Crippen MR) is 80.2 cm³/mol. The van der Waals surface area contributed by atoms with E-state index < -0.39 is 23.8 Å². The van der Waals surface area contributed by atoms with Crippen LogP contribution in [0.5, 0.6) is 5.75 Å². The molecule has 0 radical (unpaired) electrons. The molecule has 1 amide bonds. The van der Waals surface area contributed by atoms with Gasteiger partial charge in [-0.25, -0.2) is 9.18 Å². The topological polar surface area (TPSA) is 98.0 Å². The van der Waals surface area contributed by atoms with E-state index in [9.17, 15) is 14.0 Å². The van der Waals surface area contributed by atoms with Gasteiger partial charge in [-0.15, -0.1) is 0 Å². The molecule has 0 bridgehead atoms. The van der Waals surface area contributed by atoms with Crippen molar-refractivity contribution in [1.82, 2.24) is 5.32 Å². The summed E-state index contributed by atoms with van der Waals surface area (Å²) in [4.78, 5) is 23.2. The average molecular weight is 337 g/mol. The number of carboxylic acid groups (broad SMARTS) is 1. The van der Waals surface area contributed by atoms with E-state index in [0.717, 1.165) is 12.1 Å². The minimum absolute atomic E-state index is 0.0352. The monoisotopic (exact) mass is 337 g/mol. The number of hydrogen-bond acceptors (Lipinski definition) is 5. The maximum Gasteiger partial charge on any atom is 0.346 e. The van der Waals surface area contributed by atoms with Crippen LogP contribution < -0.4 is 10.1 Å². The van der Waals surface area contributed by atoms with Gasteiger partial charge in [-0.3, -0.25) is 4.79 Å².